The van der Waals surface area contributed by atoms with Crippen LogP contribution in [-0.2, 0) is 9.59 Å². The highest BCUT2D eigenvalue weighted by Gasteiger charge is 2.18. The van der Waals surface area contributed by atoms with Crippen molar-refractivity contribution in [1.82, 2.24) is 5.43 Å². The fourth-order valence-electron chi connectivity index (χ4n) is 3.31. The Morgan fingerprint density at radius 2 is 1.50 bits per heavy atom. The van der Waals surface area contributed by atoms with Crippen LogP contribution < -0.4 is 21.2 Å². The van der Waals surface area contributed by atoms with Crippen molar-refractivity contribution in [3.05, 3.63) is 78.5 Å². The number of benzene rings is 1. The van der Waals surface area contributed by atoms with Crippen LogP contribution in [0.1, 0.15) is 70.8 Å². The zero-order chi connectivity index (χ0) is 28.0. The summed E-state index contributed by atoms with van der Waals surface area (Å²) in [6.07, 6.45) is 28.0. The smallest absolute Gasteiger partial charge is 0.240 e. The summed E-state index contributed by atoms with van der Waals surface area (Å²) in [5.41, 5.74) is 8.93. The number of carbonyl (C=O) groups excluding carboxylic acids is 2. The van der Waals surface area contributed by atoms with Gasteiger partial charge in [0.2, 0.25) is 11.8 Å². The maximum Gasteiger partial charge on any atom is 0.240 e. The fourth-order valence-corrected chi connectivity index (χ4v) is 3.31. The molecule has 0 unspecified atom stereocenters. The Kier molecular flexibility index (Phi) is 16.9. The van der Waals surface area contributed by atoms with E-state index in [9.17, 15) is 14.7 Å². The Labute approximate surface area is 226 Å². The zero-order valence-corrected chi connectivity index (χ0v) is 22.8. The Balaban J connectivity index is 2.35. The number of phenolic OH excluding ortho intramolecular Hbond substituents is 1. The summed E-state index contributed by atoms with van der Waals surface area (Å²) in [5, 5.41) is 16.6. The van der Waals surface area contributed by atoms with Crippen LogP contribution in [0.4, 0.5) is 5.69 Å². The number of hydrogen-bond donors (Lipinski definition) is 4. The van der Waals surface area contributed by atoms with Gasteiger partial charge in [-0.05, 0) is 57.1 Å². The summed E-state index contributed by atoms with van der Waals surface area (Å²) in [4.78, 5) is 23.6. The molecule has 0 atom stereocenters. The molecule has 0 radical (unpaired) electrons. The number of aromatic hydroxyl groups is 1. The van der Waals surface area contributed by atoms with Crippen LogP contribution >= 0.6 is 0 Å². The first-order chi connectivity index (χ1) is 18.4. The van der Waals surface area contributed by atoms with Gasteiger partial charge in [-0.2, -0.15) is 5.10 Å². The normalized spacial score (nSPS) is 12.4. The van der Waals surface area contributed by atoms with Crippen molar-refractivity contribution in [2.75, 3.05) is 12.4 Å². The molecule has 206 valence electrons. The topological polar surface area (TPSA) is 126 Å². The molecule has 0 heterocycles. The van der Waals surface area contributed by atoms with Crippen molar-refractivity contribution in [2.24, 2.45) is 10.8 Å². The Hall–Kier alpha value is -4.07. The number of phenols is 1. The van der Waals surface area contributed by atoms with Gasteiger partial charge in [-0.15, -0.1) is 0 Å². The Bertz CT molecular complexity index is 1050. The lowest BCUT2D eigenvalue weighted by Crippen LogP contribution is -2.25. The highest BCUT2D eigenvalue weighted by molar-refractivity contribution is 6.08. The first kappa shape index (κ1) is 32.0. The van der Waals surface area contributed by atoms with Crippen LogP contribution in [0.5, 0.6) is 11.5 Å². The van der Waals surface area contributed by atoms with Crippen molar-refractivity contribution in [2.45, 2.75) is 65.2 Å². The minimum atomic E-state index is -0.328. The molecule has 0 saturated carbocycles. The van der Waals surface area contributed by atoms with E-state index < -0.39 is 0 Å². The van der Waals surface area contributed by atoms with Gasteiger partial charge in [-0.25, -0.2) is 5.43 Å². The molecule has 8 nitrogen and oxygen atoms in total. The van der Waals surface area contributed by atoms with Crippen molar-refractivity contribution in [3.63, 3.8) is 0 Å². The van der Waals surface area contributed by atoms with Crippen LogP contribution in [0.2, 0.25) is 0 Å². The van der Waals surface area contributed by atoms with E-state index in [-0.39, 0.29) is 41.1 Å². The summed E-state index contributed by atoms with van der Waals surface area (Å²) in [6, 6.07) is 2.85. The number of amidine groups is 1. The number of hydrazone groups is 1. The number of unbranched alkanes of at least 4 members (excludes halogenated alkanes) is 1. The second-order valence-corrected chi connectivity index (χ2v) is 8.35. The van der Waals surface area contributed by atoms with E-state index in [1.807, 2.05) is 0 Å². The van der Waals surface area contributed by atoms with E-state index in [4.69, 9.17) is 10.5 Å². The summed E-state index contributed by atoms with van der Waals surface area (Å²) in [7, 11) is 1.36. The highest BCUT2D eigenvalue weighted by atomic mass is 16.5. The van der Waals surface area contributed by atoms with Gasteiger partial charge in [0.15, 0.2) is 17.3 Å². The number of nitrogens with two attached hydrogens (primary N) is 1. The number of hydrogen-bond acceptors (Lipinski definition) is 5. The molecule has 0 saturated heterocycles. The summed E-state index contributed by atoms with van der Waals surface area (Å²) in [6.45, 7) is 3.48. The van der Waals surface area contributed by atoms with E-state index in [0.717, 1.165) is 38.5 Å². The van der Waals surface area contributed by atoms with Crippen molar-refractivity contribution >= 4 is 23.3 Å². The third kappa shape index (κ3) is 13.9. The third-order valence-electron chi connectivity index (χ3n) is 5.14. The number of ether oxygens (including phenoxy) is 1. The van der Waals surface area contributed by atoms with Crippen LogP contribution in [0.15, 0.2) is 78.0 Å². The molecule has 2 amide bonds. The van der Waals surface area contributed by atoms with Crippen LogP contribution in [0.3, 0.4) is 0 Å². The van der Waals surface area contributed by atoms with Crippen molar-refractivity contribution < 1.29 is 19.4 Å². The molecular weight excluding hydrogens is 480 g/mol. The number of anilines is 1. The molecule has 0 aliphatic rings. The van der Waals surface area contributed by atoms with Gasteiger partial charge in [-0.3, -0.25) is 9.59 Å². The van der Waals surface area contributed by atoms with Crippen LogP contribution in [-0.4, -0.2) is 29.9 Å². The van der Waals surface area contributed by atoms with Crippen LogP contribution in [0, 0.1) is 0 Å². The third-order valence-corrected chi connectivity index (χ3v) is 5.14. The molecule has 0 aromatic heterocycles. The Morgan fingerprint density at radius 3 is 2.03 bits per heavy atom. The minimum Gasteiger partial charge on any atom is -0.504 e. The number of carbonyl (C=O) groups is 2. The van der Waals surface area contributed by atoms with Gasteiger partial charge in [0.05, 0.1) is 18.4 Å². The molecule has 1 aromatic carbocycles. The maximum absolute atomic E-state index is 12.2. The first-order valence-electron chi connectivity index (χ1n) is 13.0. The molecule has 0 spiro atoms. The van der Waals surface area contributed by atoms with Crippen molar-refractivity contribution in [3.8, 4) is 11.5 Å². The fraction of sp³-hybridized carbons (Fsp3) is 0.367. The average Bonchev–Trinajstić information content (AvgIpc) is 2.89. The number of amides is 2. The van der Waals surface area contributed by atoms with Gasteiger partial charge in [0.25, 0.3) is 0 Å². The van der Waals surface area contributed by atoms with Gasteiger partial charge in [-0.1, -0.05) is 67.7 Å². The van der Waals surface area contributed by atoms with E-state index in [1.165, 1.54) is 26.2 Å². The molecule has 0 bridgehead atoms. The lowest BCUT2D eigenvalue weighted by atomic mass is 10.1. The van der Waals surface area contributed by atoms with E-state index in [1.54, 1.807) is 0 Å². The van der Waals surface area contributed by atoms with Gasteiger partial charge in [0, 0.05) is 13.3 Å². The number of allylic oxidation sites excluding steroid dienone is 10. The minimum absolute atomic E-state index is 0.0464. The number of methoxy groups -OCH3 is 1. The highest BCUT2D eigenvalue weighted by Crippen LogP contribution is 2.35. The molecular formula is C30H42N4O4. The summed E-state index contributed by atoms with van der Waals surface area (Å²) < 4.78 is 5.20. The molecule has 0 aliphatic carbocycles. The predicted octanol–water partition coefficient (Wildman–Crippen LogP) is 6.02. The van der Waals surface area contributed by atoms with E-state index >= 15 is 0 Å². The maximum atomic E-state index is 12.2. The zero-order valence-electron chi connectivity index (χ0n) is 22.8. The van der Waals surface area contributed by atoms with E-state index in [2.05, 4.69) is 83.5 Å². The van der Waals surface area contributed by atoms with Gasteiger partial charge < -0.3 is 20.9 Å². The average molecular weight is 523 g/mol. The monoisotopic (exact) mass is 522 g/mol. The molecule has 8 heteroatoms. The number of rotatable bonds is 17. The van der Waals surface area contributed by atoms with Gasteiger partial charge >= 0.3 is 0 Å². The number of nitrogens with zero attached hydrogens (tertiary/aromatic N) is 1. The lowest BCUT2D eigenvalue weighted by Gasteiger charge is -2.15. The standard InChI is InChI=1S/C30H42N4O4/c1-4-5-6-7-8-9-10-11-12-13-14-15-16-17-18-19-20-21-27(37)33-34-30(31)28-25(32-24(2)35)22-23-26(36)29(28)38-3/h5-6,8-9,11-12,14-15,17-18,22-23,36H,4,7,10,13,16,19-21H2,1-3H3,(H2,31,34)(H,32,35)(H,33,37)/b6-5-,9-8-,12-11-,15-14-,18-17-. The molecule has 0 fully saturated rings. The van der Waals surface area contributed by atoms with Gasteiger partial charge in [0.1, 0.15) is 0 Å². The SMILES string of the molecule is CC/C=C\C/C=C\C/C=C\C/C=C\C/C=C\CCCC(=O)N/N=C(\N)c1c(NC(C)=O)ccc(O)c1OC. The quantitative estimate of drug-likeness (QED) is 0.0497. The second-order valence-electron chi connectivity index (χ2n) is 8.35. The molecule has 1 aromatic rings. The lowest BCUT2D eigenvalue weighted by molar-refractivity contribution is -0.121. The van der Waals surface area contributed by atoms with Crippen molar-refractivity contribution in [1.29, 1.82) is 0 Å². The number of nitrogens with one attached hydrogen (secondary N) is 2. The summed E-state index contributed by atoms with van der Waals surface area (Å²) in [5.74, 6) is -0.845. The Morgan fingerprint density at radius 1 is 0.947 bits per heavy atom. The largest absolute Gasteiger partial charge is 0.504 e. The van der Waals surface area contributed by atoms with Crippen LogP contribution in [0.25, 0.3) is 0 Å². The molecule has 5 N–H and O–H groups in total. The summed E-state index contributed by atoms with van der Waals surface area (Å²) >= 11 is 0. The predicted molar refractivity (Wildman–Crippen MR) is 156 cm³/mol. The molecule has 38 heavy (non-hydrogen) atoms. The first-order valence-corrected chi connectivity index (χ1v) is 13.0. The second kappa shape index (κ2) is 20.0. The van der Waals surface area contributed by atoms with E-state index in [0.29, 0.717) is 12.1 Å². The molecule has 1 rings (SSSR count). The molecule has 0 aliphatic heterocycles.